The molecule has 0 bridgehead atoms. The lowest BCUT2D eigenvalue weighted by Gasteiger charge is -2.32. The Morgan fingerprint density at radius 3 is 2.75 bits per heavy atom. The van der Waals surface area contributed by atoms with Gasteiger partial charge >= 0.3 is 5.97 Å². The van der Waals surface area contributed by atoms with Gasteiger partial charge in [0, 0.05) is 49.8 Å². The third kappa shape index (κ3) is 2.55. The maximum atomic E-state index is 11.0. The molecule has 2 aromatic rings. The van der Waals surface area contributed by atoms with Crippen LogP contribution in [0.1, 0.15) is 15.9 Å². The van der Waals surface area contributed by atoms with Gasteiger partial charge in [0.1, 0.15) is 0 Å². The number of rotatable bonds is 3. The van der Waals surface area contributed by atoms with Crippen molar-refractivity contribution in [1.29, 1.82) is 0 Å². The van der Waals surface area contributed by atoms with Crippen LogP contribution in [0.5, 0.6) is 0 Å². The second-order valence-electron chi connectivity index (χ2n) is 5.46. The van der Waals surface area contributed by atoms with Crippen LogP contribution in [0.15, 0.2) is 24.4 Å². The number of carboxylic acid groups (broad SMARTS) is 1. The zero-order valence-electron chi connectivity index (χ0n) is 11.6. The minimum Gasteiger partial charge on any atom is -0.478 e. The zero-order valence-corrected chi connectivity index (χ0v) is 11.6. The lowest BCUT2D eigenvalue weighted by molar-refractivity contribution is 0.0697. The second-order valence-corrected chi connectivity index (χ2v) is 5.46. The first-order valence-electron chi connectivity index (χ1n) is 6.88. The highest BCUT2D eigenvalue weighted by molar-refractivity contribution is 5.94. The summed E-state index contributed by atoms with van der Waals surface area (Å²) in [6.07, 6.45) is 1.99. The number of piperazine rings is 1. The number of H-pyrrole nitrogens is 1. The van der Waals surface area contributed by atoms with E-state index in [0.717, 1.165) is 43.6 Å². The molecule has 0 aliphatic carbocycles. The molecule has 2 N–H and O–H groups in total. The van der Waals surface area contributed by atoms with E-state index in [4.69, 9.17) is 5.11 Å². The summed E-state index contributed by atoms with van der Waals surface area (Å²) in [7, 11) is 2.15. The van der Waals surface area contributed by atoms with Crippen molar-refractivity contribution in [2.45, 2.75) is 6.54 Å². The monoisotopic (exact) mass is 273 g/mol. The van der Waals surface area contributed by atoms with Gasteiger partial charge in [0.25, 0.3) is 0 Å². The third-order valence-electron chi connectivity index (χ3n) is 4.00. The van der Waals surface area contributed by atoms with Gasteiger partial charge in [0.05, 0.1) is 5.56 Å². The molecule has 1 aliphatic rings. The summed E-state index contributed by atoms with van der Waals surface area (Å²) in [5.41, 5.74) is 2.46. The first-order valence-corrected chi connectivity index (χ1v) is 6.88. The average molecular weight is 273 g/mol. The molecule has 0 unspecified atom stereocenters. The van der Waals surface area contributed by atoms with Crippen molar-refractivity contribution >= 4 is 16.9 Å². The normalized spacial score (nSPS) is 17.6. The van der Waals surface area contributed by atoms with Crippen LogP contribution in [-0.2, 0) is 6.54 Å². The van der Waals surface area contributed by atoms with E-state index in [1.165, 1.54) is 5.56 Å². The Balaban J connectivity index is 1.80. The Morgan fingerprint density at radius 2 is 2.05 bits per heavy atom. The number of nitrogens with one attached hydrogen (secondary N) is 1. The van der Waals surface area contributed by atoms with E-state index in [-0.39, 0.29) is 0 Å². The predicted molar refractivity (Wildman–Crippen MR) is 78.0 cm³/mol. The predicted octanol–water partition coefficient (Wildman–Crippen LogP) is 1.61. The molecule has 5 nitrogen and oxygen atoms in total. The molecule has 0 radical (unpaired) electrons. The first-order chi connectivity index (χ1) is 9.63. The van der Waals surface area contributed by atoms with E-state index in [0.29, 0.717) is 5.56 Å². The zero-order chi connectivity index (χ0) is 14.1. The molecule has 0 amide bonds. The second kappa shape index (κ2) is 5.26. The van der Waals surface area contributed by atoms with E-state index >= 15 is 0 Å². The van der Waals surface area contributed by atoms with Crippen molar-refractivity contribution in [1.82, 2.24) is 14.8 Å². The number of hydrogen-bond acceptors (Lipinski definition) is 3. The van der Waals surface area contributed by atoms with Crippen molar-refractivity contribution in [3.63, 3.8) is 0 Å². The molecule has 0 atom stereocenters. The summed E-state index contributed by atoms with van der Waals surface area (Å²) in [5, 5.41) is 10.1. The Hall–Kier alpha value is -1.85. The molecule has 1 aromatic heterocycles. The van der Waals surface area contributed by atoms with Crippen LogP contribution in [0.25, 0.3) is 10.9 Å². The number of nitrogens with zero attached hydrogens (tertiary/aromatic N) is 2. The van der Waals surface area contributed by atoms with Gasteiger partial charge in [0.2, 0.25) is 0 Å². The Bertz CT molecular complexity index is 627. The number of aromatic nitrogens is 1. The van der Waals surface area contributed by atoms with Crippen molar-refractivity contribution in [2.75, 3.05) is 33.2 Å². The number of hydrogen-bond donors (Lipinski definition) is 2. The fourth-order valence-corrected chi connectivity index (χ4v) is 2.70. The van der Waals surface area contributed by atoms with Crippen molar-refractivity contribution < 1.29 is 9.90 Å². The lowest BCUT2D eigenvalue weighted by Crippen LogP contribution is -2.43. The number of likely N-dealkylation sites (N-methyl/N-ethyl adjacent to an activating group) is 1. The number of aromatic carboxylic acids is 1. The molecule has 0 spiro atoms. The van der Waals surface area contributed by atoms with Crippen LogP contribution in [-0.4, -0.2) is 59.1 Å². The van der Waals surface area contributed by atoms with E-state index < -0.39 is 5.97 Å². The molecule has 2 heterocycles. The molecule has 1 fully saturated rings. The van der Waals surface area contributed by atoms with Gasteiger partial charge in [-0.2, -0.15) is 0 Å². The maximum absolute atomic E-state index is 11.0. The van der Waals surface area contributed by atoms with Gasteiger partial charge in [-0.25, -0.2) is 4.79 Å². The fourth-order valence-electron chi connectivity index (χ4n) is 2.70. The van der Waals surface area contributed by atoms with Gasteiger partial charge in [-0.05, 0) is 24.7 Å². The van der Waals surface area contributed by atoms with Crippen LogP contribution >= 0.6 is 0 Å². The Morgan fingerprint density at radius 1 is 1.30 bits per heavy atom. The minimum atomic E-state index is -0.887. The Labute approximate surface area is 117 Å². The molecular formula is C15H19N3O2. The lowest BCUT2D eigenvalue weighted by atomic mass is 10.1. The van der Waals surface area contributed by atoms with E-state index in [9.17, 15) is 4.79 Å². The largest absolute Gasteiger partial charge is 0.478 e. The molecule has 0 saturated carbocycles. The Kier molecular flexibility index (Phi) is 3.46. The number of carboxylic acids is 1. The number of fused-ring (bicyclic) bond motifs is 1. The third-order valence-corrected chi connectivity index (χ3v) is 4.00. The summed E-state index contributed by atoms with van der Waals surface area (Å²) < 4.78 is 0. The van der Waals surface area contributed by atoms with Crippen molar-refractivity contribution in [3.05, 3.63) is 35.5 Å². The maximum Gasteiger partial charge on any atom is 0.335 e. The first kappa shape index (κ1) is 13.1. The molecule has 106 valence electrons. The van der Waals surface area contributed by atoms with Crippen molar-refractivity contribution in [3.8, 4) is 0 Å². The number of benzene rings is 1. The average Bonchev–Trinajstić information content (AvgIpc) is 2.84. The van der Waals surface area contributed by atoms with Gasteiger partial charge in [-0.1, -0.05) is 6.07 Å². The van der Waals surface area contributed by atoms with Crippen molar-refractivity contribution in [2.24, 2.45) is 0 Å². The van der Waals surface area contributed by atoms with Crippen LogP contribution in [0.3, 0.4) is 0 Å². The molecule has 5 heteroatoms. The molecule has 1 aromatic carbocycles. The molecule has 1 saturated heterocycles. The van der Waals surface area contributed by atoms with Crippen LogP contribution in [0.2, 0.25) is 0 Å². The summed E-state index contributed by atoms with van der Waals surface area (Å²) in [4.78, 5) is 18.9. The van der Waals surface area contributed by atoms with Gasteiger partial charge < -0.3 is 15.0 Å². The molecular weight excluding hydrogens is 254 g/mol. The van der Waals surface area contributed by atoms with Gasteiger partial charge in [-0.3, -0.25) is 4.90 Å². The molecule has 1 aliphatic heterocycles. The fraction of sp³-hybridized carbons (Fsp3) is 0.400. The molecule has 20 heavy (non-hydrogen) atoms. The van der Waals surface area contributed by atoms with Crippen LogP contribution in [0.4, 0.5) is 0 Å². The number of aromatic amines is 1. The van der Waals surface area contributed by atoms with E-state index in [1.54, 1.807) is 12.1 Å². The smallest absolute Gasteiger partial charge is 0.335 e. The summed E-state index contributed by atoms with van der Waals surface area (Å²) in [6, 6.07) is 5.28. The SMILES string of the molecule is CN1CCN(Cc2c[nH]c3cc(C(=O)O)ccc23)CC1. The standard InChI is InChI=1S/C15H19N3O2/c1-17-4-6-18(7-5-17)10-12-9-16-14-8-11(15(19)20)2-3-13(12)14/h2-3,8-9,16H,4-7,10H2,1H3,(H,19,20). The van der Waals surface area contributed by atoms with E-state index in [1.807, 2.05) is 12.3 Å². The number of carbonyl (C=O) groups is 1. The quantitative estimate of drug-likeness (QED) is 0.892. The van der Waals surface area contributed by atoms with Crippen LogP contribution in [0, 0.1) is 0 Å². The van der Waals surface area contributed by atoms with E-state index in [2.05, 4.69) is 21.8 Å². The topological polar surface area (TPSA) is 59.6 Å². The highest BCUT2D eigenvalue weighted by atomic mass is 16.4. The summed E-state index contributed by atoms with van der Waals surface area (Å²) in [6.45, 7) is 5.28. The summed E-state index contributed by atoms with van der Waals surface area (Å²) in [5.74, 6) is -0.887. The minimum absolute atomic E-state index is 0.325. The van der Waals surface area contributed by atoms with Gasteiger partial charge in [-0.15, -0.1) is 0 Å². The molecule has 3 rings (SSSR count). The summed E-state index contributed by atoms with van der Waals surface area (Å²) >= 11 is 0. The van der Waals surface area contributed by atoms with Crippen LogP contribution < -0.4 is 0 Å². The highest BCUT2D eigenvalue weighted by Gasteiger charge is 2.16. The van der Waals surface area contributed by atoms with Gasteiger partial charge in [0.15, 0.2) is 0 Å². The highest BCUT2D eigenvalue weighted by Crippen LogP contribution is 2.21.